The molecule has 0 radical (unpaired) electrons. The predicted octanol–water partition coefficient (Wildman–Crippen LogP) is 2.86. The van der Waals surface area contributed by atoms with Gasteiger partial charge in [-0.15, -0.1) is 10.2 Å². The van der Waals surface area contributed by atoms with Gasteiger partial charge in [0.25, 0.3) is 0 Å². The van der Waals surface area contributed by atoms with Crippen molar-refractivity contribution in [2.45, 2.75) is 0 Å². The van der Waals surface area contributed by atoms with E-state index in [1.165, 1.54) is 6.07 Å². The number of nitrogens with zero attached hydrogens (tertiary/aromatic N) is 5. The summed E-state index contributed by atoms with van der Waals surface area (Å²) in [5.74, 6) is 0.0357. The van der Waals surface area contributed by atoms with E-state index < -0.39 is 0 Å². The highest BCUT2D eigenvalue weighted by atomic mass is 19.1. The third kappa shape index (κ3) is 2.48. The number of imidazole rings is 1. The Morgan fingerprint density at radius 3 is 2.48 bits per heavy atom. The number of nitrogens with one attached hydrogen (secondary N) is 1. The number of benzene rings is 2. The van der Waals surface area contributed by atoms with Gasteiger partial charge in [-0.2, -0.15) is 5.21 Å². The summed E-state index contributed by atoms with van der Waals surface area (Å²) in [4.78, 5) is 4.01. The van der Waals surface area contributed by atoms with Gasteiger partial charge in [-0.05, 0) is 29.0 Å². The summed E-state index contributed by atoms with van der Waals surface area (Å²) in [5.41, 5.74) is 2.87. The van der Waals surface area contributed by atoms with Gasteiger partial charge in [0.1, 0.15) is 5.82 Å². The maximum Gasteiger partial charge on any atom is 0.204 e. The average molecular weight is 306 g/mol. The van der Waals surface area contributed by atoms with Gasteiger partial charge >= 0.3 is 0 Å². The van der Waals surface area contributed by atoms with Crippen LogP contribution in [-0.2, 0) is 0 Å². The number of tetrazole rings is 1. The van der Waals surface area contributed by atoms with E-state index in [4.69, 9.17) is 0 Å². The number of rotatable bonds is 3. The quantitative estimate of drug-likeness (QED) is 0.631. The van der Waals surface area contributed by atoms with Crippen molar-refractivity contribution in [3.8, 4) is 28.2 Å². The minimum atomic E-state index is -0.331. The maximum atomic E-state index is 14.4. The van der Waals surface area contributed by atoms with E-state index in [1.54, 1.807) is 24.7 Å². The normalized spacial score (nSPS) is 10.8. The van der Waals surface area contributed by atoms with E-state index in [0.717, 1.165) is 11.3 Å². The molecule has 0 unspecified atom stereocenters. The van der Waals surface area contributed by atoms with Gasteiger partial charge in [0, 0.05) is 29.2 Å². The van der Waals surface area contributed by atoms with Crippen molar-refractivity contribution in [2.75, 3.05) is 0 Å². The Morgan fingerprint density at radius 2 is 1.83 bits per heavy atom. The van der Waals surface area contributed by atoms with Crippen LogP contribution in [0.1, 0.15) is 0 Å². The first-order valence-corrected chi connectivity index (χ1v) is 6.93. The highest BCUT2D eigenvalue weighted by molar-refractivity contribution is 5.69. The molecule has 0 spiro atoms. The van der Waals surface area contributed by atoms with E-state index in [-0.39, 0.29) is 5.82 Å². The Morgan fingerprint density at radius 1 is 1.00 bits per heavy atom. The Hall–Kier alpha value is -3.35. The van der Waals surface area contributed by atoms with Crippen molar-refractivity contribution in [2.24, 2.45) is 0 Å². The zero-order chi connectivity index (χ0) is 15.6. The molecule has 2 heterocycles. The lowest BCUT2D eigenvalue weighted by Gasteiger charge is -2.07. The maximum absolute atomic E-state index is 14.4. The third-order valence-electron chi connectivity index (χ3n) is 3.55. The molecule has 0 saturated carbocycles. The molecular formula is C16H11FN6. The molecule has 2 aromatic carbocycles. The van der Waals surface area contributed by atoms with Crippen molar-refractivity contribution in [1.82, 2.24) is 30.2 Å². The van der Waals surface area contributed by atoms with Gasteiger partial charge in [0.05, 0.1) is 6.33 Å². The van der Waals surface area contributed by atoms with Crippen molar-refractivity contribution in [3.63, 3.8) is 0 Å². The fourth-order valence-electron chi connectivity index (χ4n) is 2.40. The van der Waals surface area contributed by atoms with Crippen LogP contribution >= 0.6 is 0 Å². The van der Waals surface area contributed by atoms with Gasteiger partial charge in [0.2, 0.25) is 5.82 Å². The number of H-pyrrole nitrogens is 1. The number of aromatic nitrogens is 6. The lowest BCUT2D eigenvalue weighted by Crippen LogP contribution is -1.91. The first-order chi connectivity index (χ1) is 11.3. The van der Waals surface area contributed by atoms with E-state index in [0.29, 0.717) is 17.0 Å². The molecule has 23 heavy (non-hydrogen) atoms. The molecule has 0 aliphatic heterocycles. The lowest BCUT2D eigenvalue weighted by molar-refractivity contribution is 0.631. The van der Waals surface area contributed by atoms with Gasteiger partial charge in [0.15, 0.2) is 0 Å². The summed E-state index contributed by atoms with van der Waals surface area (Å²) in [6.45, 7) is 0. The molecule has 0 fully saturated rings. The van der Waals surface area contributed by atoms with Gasteiger partial charge in [-0.25, -0.2) is 9.37 Å². The molecule has 0 amide bonds. The number of hydrogen-bond acceptors (Lipinski definition) is 4. The van der Waals surface area contributed by atoms with E-state index >= 15 is 0 Å². The molecule has 0 bridgehead atoms. The molecular weight excluding hydrogens is 295 g/mol. The fraction of sp³-hybridized carbons (Fsp3) is 0. The highest BCUT2D eigenvalue weighted by Gasteiger charge is 2.10. The Kier molecular flexibility index (Phi) is 3.16. The highest BCUT2D eigenvalue weighted by Crippen LogP contribution is 2.27. The molecule has 6 nitrogen and oxygen atoms in total. The molecule has 0 saturated heterocycles. The van der Waals surface area contributed by atoms with Crippen LogP contribution in [0, 0.1) is 5.82 Å². The lowest BCUT2D eigenvalue weighted by atomic mass is 10.0. The van der Waals surface area contributed by atoms with Crippen LogP contribution in [0.4, 0.5) is 4.39 Å². The Labute approximate surface area is 130 Å². The monoisotopic (exact) mass is 306 g/mol. The van der Waals surface area contributed by atoms with E-state index in [1.807, 2.05) is 35.0 Å². The van der Waals surface area contributed by atoms with Crippen molar-refractivity contribution >= 4 is 0 Å². The van der Waals surface area contributed by atoms with Crippen LogP contribution in [0.2, 0.25) is 0 Å². The predicted molar refractivity (Wildman–Crippen MR) is 82.1 cm³/mol. The third-order valence-corrected chi connectivity index (χ3v) is 3.55. The molecule has 2 aromatic heterocycles. The Bertz CT molecular complexity index is 914. The molecule has 0 aliphatic carbocycles. The first kappa shape index (κ1) is 13.3. The van der Waals surface area contributed by atoms with Crippen LogP contribution < -0.4 is 0 Å². The minimum absolute atomic E-state index is 0.331. The molecule has 0 aliphatic rings. The largest absolute Gasteiger partial charge is 0.306 e. The second kappa shape index (κ2) is 5.45. The second-order valence-electron chi connectivity index (χ2n) is 4.95. The fourth-order valence-corrected chi connectivity index (χ4v) is 2.40. The van der Waals surface area contributed by atoms with Gasteiger partial charge in [-0.3, -0.25) is 0 Å². The molecule has 7 heteroatoms. The summed E-state index contributed by atoms with van der Waals surface area (Å²) in [5, 5.41) is 13.5. The van der Waals surface area contributed by atoms with Crippen molar-refractivity contribution < 1.29 is 4.39 Å². The van der Waals surface area contributed by atoms with Crippen LogP contribution in [-0.4, -0.2) is 30.2 Å². The minimum Gasteiger partial charge on any atom is -0.306 e. The van der Waals surface area contributed by atoms with Crippen LogP contribution in [0.25, 0.3) is 28.2 Å². The number of hydrogen-bond donors (Lipinski definition) is 1. The van der Waals surface area contributed by atoms with E-state index in [9.17, 15) is 4.39 Å². The molecule has 4 rings (SSSR count). The molecule has 1 N–H and O–H groups in total. The molecule has 112 valence electrons. The zero-order valence-electron chi connectivity index (χ0n) is 11.9. The van der Waals surface area contributed by atoms with E-state index in [2.05, 4.69) is 25.6 Å². The summed E-state index contributed by atoms with van der Waals surface area (Å²) in [6.07, 6.45) is 5.29. The summed E-state index contributed by atoms with van der Waals surface area (Å²) in [6, 6.07) is 12.5. The topological polar surface area (TPSA) is 72.3 Å². The molecule has 4 aromatic rings. The van der Waals surface area contributed by atoms with Crippen LogP contribution in [0.15, 0.2) is 61.2 Å². The summed E-state index contributed by atoms with van der Waals surface area (Å²) >= 11 is 0. The van der Waals surface area contributed by atoms with Crippen LogP contribution in [0.3, 0.4) is 0 Å². The number of aromatic amines is 1. The SMILES string of the molecule is Fc1cc(-c2nn[nH]n2)ccc1-c1ccc(-n2ccnc2)cc1. The summed E-state index contributed by atoms with van der Waals surface area (Å²) < 4.78 is 16.3. The average Bonchev–Trinajstić information content (AvgIpc) is 3.29. The smallest absolute Gasteiger partial charge is 0.204 e. The standard InChI is InChI=1S/C16H11FN6/c17-15-9-12(16-19-21-22-20-16)3-6-14(15)11-1-4-13(5-2-11)23-8-7-18-10-23/h1-10H,(H,19,20,21,22). The zero-order valence-corrected chi connectivity index (χ0v) is 11.9. The van der Waals surface area contributed by atoms with Crippen molar-refractivity contribution in [1.29, 1.82) is 0 Å². The van der Waals surface area contributed by atoms with Crippen molar-refractivity contribution in [3.05, 3.63) is 67.0 Å². The van der Waals surface area contributed by atoms with Crippen LogP contribution in [0.5, 0.6) is 0 Å². The second-order valence-corrected chi connectivity index (χ2v) is 4.95. The first-order valence-electron chi connectivity index (χ1n) is 6.93. The Balaban J connectivity index is 1.68. The van der Waals surface area contributed by atoms with Gasteiger partial charge in [-0.1, -0.05) is 24.3 Å². The summed E-state index contributed by atoms with van der Waals surface area (Å²) in [7, 11) is 0. The molecule has 0 atom stereocenters. The van der Waals surface area contributed by atoms with Gasteiger partial charge < -0.3 is 4.57 Å². The number of halogens is 1.